The van der Waals surface area contributed by atoms with Crippen molar-refractivity contribution in [1.29, 1.82) is 0 Å². The fourth-order valence-corrected chi connectivity index (χ4v) is 10.1. The number of benzene rings is 3. The number of ether oxygens (including phenoxy) is 1. The van der Waals surface area contributed by atoms with Gasteiger partial charge in [0.1, 0.15) is 11.6 Å². The molecule has 12 heteroatoms. The highest BCUT2D eigenvalue weighted by Crippen LogP contribution is 2.76. The molecule has 0 saturated carbocycles. The van der Waals surface area contributed by atoms with Crippen LogP contribution in [-0.4, -0.2) is 37.7 Å². The molecule has 8 nitrogen and oxygen atoms in total. The molecule has 5 atom stereocenters. The number of halogens is 3. The molecule has 5 unspecified atom stereocenters. The lowest BCUT2D eigenvalue weighted by Gasteiger charge is -2.42. The second-order valence-electron chi connectivity index (χ2n) is 12.4. The van der Waals surface area contributed by atoms with Crippen LogP contribution in [-0.2, 0) is 14.5 Å². The topological polar surface area (TPSA) is 123 Å². The summed E-state index contributed by atoms with van der Waals surface area (Å²) in [6.07, 6.45) is 0.508. The molecule has 0 radical (unpaired) electrons. The third-order valence-electron chi connectivity index (χ3n) is 8.33. The van der Waals surface area contributed by atoms with Gasteiger partial charge in [-0.05, 0) is 59.4 Å². The minimum Gasteiger partial charge on any atom is -0.495 e. The summed E-state index contributed by atoms with van der Waals surface area (Å²) >= 11 is 12.7. The van der Waals surface area contributed by atoms with E-state index in [4.69, 9.17) is 33.7 Å². The van der Waals surface area contributed by atoms with E-state index in [2.05, 4.69) is 36.5 Å². The Kier molecular flexibility index (Phi) is 8.10. The molecule has 2 aliphatic rings. The van der Waals surface area contributed by atoms with Gasteiger partial charge in [0, 0.05) is 34.9 Å². The maximum atomic E-state index is 16.1. The van der Waals surface area contributed by atoms with Crippen LogP contribution in [0.5, 0.6) is 5.75 Å². The molecule has 5 rings (SSSR count). The predicted molar refractivity (Wildman–Crippen MR) is 169 cm³/mol. The van der Waals surface area contributed by atoms with Gasteiger partial charge < -0.3 is 26.2 Å². The van der Waals surface area contributed by atoms with Gasteiger partial charge in [0.15, 0.2) is 7.29 Å². The minimum atomic E-state index is -3.45. The quantitative estimate of drug-likeness (QED) is 0.215. The van der Waals surface area contributed by atoms with Crippen molar-refractivity contribution < 1.29 is 23.3 Å². The summed E-state index contributed by atoms with van der Waals surface area (Å²) in [5.41, 5.74) is 7.08. The maximum Gasteiger partial charge on any atom is 0.248 e. The number of rotatable bonds is 6. The molecule has 2 aliphatic heterocycles. The zero-order chi connectivity index (χ0) is 31.5. The van der Waals surface area contributed by atoms with Crippen LogP contribution in [0.4, 0.5) is 15.8 Å². The number of nitrogens with two attached hydrogens (primary N) is 1. The fourth-order valence-electron chi connectivity index (χ4n) is 6.73. The van der Waals surface area contributed by atoms with Crippen molar-refractivity contribution in [2.24, 2.45) is 11.1 Å². The smallest absolute Gasteiger partial charge is 0.248 e. The third kappa shape index (κ3) is 5.31. The van der Waals surface area contributed by atoms with Gasteiger partial charge in [-0.1, -0.05) is 62.2 Å². The van der Waals surface area contributed by atoms with E-state index in [1.165, 1.54) is 31.4 Å². The monoisotopic (exact) mass is 646 g/mol. The lowest BCUT2D eigenvalue weighted by Crippen LogP contribution is -2.44. The molecule has 0 aliphatic carbocycles. The first-order chi connectivity index (χ1) is 20.1. The van der Waals surface area contributed by atoms with Gasteiger partial charge in [0.2, 0.25) is 11.8 Å². The standard InChI is InChI=1S/C31H34Cl2FN4O4P/c1-30(2,3)15-24-31(19-11-10-17(32)14-22(19)38-43(31,5)41)25(18-7-6-8-20(33)26(18)34)27(37-24)29(40)36-21-12-9-16(28(35)39)13-23(21)42-4/h6-14,24-25,27,37H,15H2,1-5H3,(H2,35,39)(H,36,40)(H,38,41). The molecule has 3 aromatic carbocycles. The zero-order valence-corrected chi connectivity index (χ0v) is 26.8. The molecule has 228 valence electrons. The summed E-state index contributed by atoms with van der Waals surface area (Å²) in [6.45, 7) is 7.81. The second kappa shape index (κ2) is 11.1. The van der Waals surface area contributed by atoms with E-state index in [1.807, 2.05) is 6.07 Å². The Hall–Kier alpha value is -3.10. The van der Waals surface area contributed by atoms with Crippen molar-refractivity contribution in [1.82, 2.24) is 5.32 Å². The molecule has 43 heavy (non-hydrogen) atoms. The molecule has 0 aromatic heterocycles. The lowest BCUT2D eigenvalue weighted by molar-refractivity contribution is -0.118. The average molecular weight is 648 g/mol. The summed E-state index contributed by atoms with van der Waals surface area (Å²) in [4.78, 5) is 26.0. The van der Waals surface area contributed by atoms with E-state index in [-0.39, 0.29) is 33.0 Å². The predicted octanol–water partition coefficient (Wildman–Crippen LogP) is 6.97. The Morgan fingerprint density at radius 3 is 2.51 bits per heavy atom. The van der Waals surface area contributed by atoms with Gasteiger partial charge in [-0.25, -0.2) is 4.39 Å². The Balaban J connectivity index is 1.74. The Labute approximate surface area is 260 Å². The first kappa shape index (κ1) is 31.3. The number of hydrogen-bond donors (Lipinski definition) is 4. The highest BCUT2D eigenvalue weighted by molar-refractivity contribution is 7.66. The van der Waals surface area contributed by atoms with Crippen LogP contribution in [0, 0.1) is 11.2 Å². The number of hydrogen-bond acceptors (Lipinski definition) is 5. The molecule has 3 aromatic rings. The number of nitrogens with one attached hydrogen (secondary N) is 3. The summed E-state index contributed by atoms with van der Waals surface area (Å²) in [7, 11) is -2.05. The third-order valence-corrected chi connectivity index (χ3v) is 11.8. The normalized spacial score (nSPS) is 26.2. The summed E-state index contributed by atoms with van der Waals surface area (Å²) in [5, 5.41) is 8.69. The van der Waals surface area contributed by atoms with E-state index in [1.54, 1.807) is 30.9 Å². The van der Waals surface area contributed by atoms with E-state index in [0.29, 0.717) is 22.7 Å². The molecule has 1 saturated heterocycles. The summed E-state index contributed by atoms with van der Waals surface area (Å²) in [6, 6.07) is 12.7. The number of amides is 2. The lowest BCUT2D eigenvalue weighted by atomic mass is 9.72. The molecule has 2 heterocycles. The van der Waals surface area contributed by atoms with Crippen LogP contribution in [0.15, 0.2) is 54.6 Å². The van der Waals surface area contributed by atoms with Crippen molar-refractivity contribution >= 4 is 53.7 Å². The number of carbonyl (C=O) groups is 2. The summed E-state index contributed by atoms with van der Waals surface area (Å²) in [5.74, 6) is -2.58. The average Bonchev–Trinajstić information content (AvgIpc) is 3.36. The Morgan fingerprint density at radius 1 is 1.14 bits per heavy atom. The molecule has 2 amide bonds. The van der Waals surface area contributed by atoms with Crippen LogP contribution >= 0.6 is 30.5 Å². The molecule has 1 spiro atoms. The highest BCUT2D eigenvalue weighted by Gasteiger charge is 2.69. The molecule has 0 bridgehead atoms. The van der Waals surface area contributed by atoms with Crippen LogP contribution in [0.1, 0.15) is 54.6 Å². The zero-order valence-electron chi connectivity index (χ0n) is 24.4. The second-order valence-corrected chi connectivity index (χ2v) is 16.1. The molecule has 1 fully saturated rings. The number of primary amides is 1. The van der Waals surface area contributed by atoms with Crippen molar-refractivity contribution in [2.75, 3.05) is 24.2 Å². The molecular formula is C31H34Cl2FN4O4P. The first-order valence-corrected chi connectivity index (χ1v) is 16.7. The maximum absolute atomic E-state index is 16.1. The van der Waals surface area contributed by atoms with Crippen LogP contribution in [0.3, 0.4) is 0 Å². The minimum absolute atomic E-state index is 0.108. The fraction of sp³-hybridized carbons (Fsp3) is 0.355. The van der Waals surface area contributed by atoms with Crippen molar-refractivity contribution in [3.8, 4) is 5.75 Å². The van der Waals surface area contributed by atoms with E-state index < -0.39 is 48.1 Å². The van der Waals surface area contributed by atoms with Crippen molar-refractivity contribution in [2.45, 2.75) is 50.3 Å². The first-order valence-electron chi connectivity index (χ1n) is 13.8. The van der Waals surface area contributed by atoms with Gasteiger partial charge in [0.25, 0.3) is 0 Å². The number of anilines is 2. The highest BCUT2D eigenvalue weighted by atomic mass is 35.5. The van der Waals surface area contributed by atoms with E-state index in [9.17, 15) is 14.2 Å². The van der Waals surface area contributed by atoms with Crippen LogP contribution in [0.25, 0.3) is 0 Å². The van der Waals surface area contributed by atoms with Crippen molar-refractivity contribution in [3.63, 3.8) is 0 Å². The van der Waals surface area contributed by atoms with Gasteiger partial charge in [-0.3, -0.25) is 14.2 Å². The van der Waals surface area contributed by atoms with Gasteiger partial charge in [-0.15, -0.1) is 0 Å². The van der Waals surface area contributed by atoms with Crippen molar-refractivity contribution in [3.05, 3.63) is 87.2 Å². The molecule has 5 N–H and O–H groups in total. The van der Waals surface area contributed by atoms with Crippen LogP contribution in [0.2, 0.25) is 10.0 Å². The Bertz CT molecular complexity index is 1680. The molecular weight excluding hydrogens is 613 g/mol. The van der Waals surface area contributed by atoms with Gasteiger partial charge in [0.05, 0.1) is 29.0 Å². The van der Waals surface area contributed by atoms with E-state index >= 15 is 4.39 Å². The largest absolute Gasteiger partial charge is 0.495 e. The Morgan fingerprint density at radius 2 is 1.86 bits per heavy atom. The van der Waals surface area contributed by atoms with Gasteiger partial charge >= 0.3 is 0 Å². The van der Waals surface area contributed by atoms with E-state index in [0.717, 1.165) is 0 Å². The number of carbonyl (C=O) groups excluding carboxylic acids is 2. The number of fused-ring (bicyclic) bond motifs is 2. The SMILES string of the molecule is COc1cc(C(N)=O)ccc1NC(=O)C1NC(CC(C)(C)C)C2(c3ccc(Cl)cc3NP2(C)=O)C1c1cccc(Cl)c1F. The summed E-state index contributed by atoms with van der Waals surface area (Å²) < 4.78 is 36.5. The number of methoxy groups -OCH3 is 1. The van der Waals surface area contributed by atoms with Crippen LogP contribution < -0.4 is 26.2 Å². The van der Waals surface area contributed by atoms with Gasteiger partial charge in [-0.2, -0.15) is 0 Å².